The summed E-state index contributed by atoms with van der Waals surface area (Å²) < 4.78 is 0. The van der Waals surface area contributed by atoms with Gasteiger partial charge in [0.2, 0.25) is 0 Å². The molecule has 0 atom stereocenters. The highest BCUT2D eigenvalue weighted by atomic mass is 32.2. The van der Waals surface area contributed by atoms with Crippen LogP contribution in [0.3, 0.4) is 0 Å². The van der Waals surface area contributed by atoms with Crippen molar-refractivity contribution in [2.75, 3.05) is 13.6 Å². The maximum atomic E-state index is 4.27. The van der Waals surface area contributed by atoms with Gasteiger partial charge in [-0.3, -0.25) is 0 Å². The molecular formula is C20H35NS. The molecule has 0 aliphatic heterocycles. The van der Waals surface area contributed by atoms with Gasteiger partial charge in [-0.1, -0.05) is 62.9 Å². The van der Waals surface area contributed by atoms with E-state index < -0.39 is 0 Å². The summed E-state index contributed by atoms with van der Waals surface area (Å²) in [4.78, 5) is 4.92. The SMILES string of the molecule is C=C(C)C/C(=C/CC(=C)SC(=C(C)C)C(C)(C)C)N(C)CC. The Hall–Kier alpha value is -0.890. The van der Waals surface area contributed by atoms with Crippen LogP contribution in [-0.4, -0.2) is 18.5 Å². The van der Waals surface area contributed by atoms with Gasteiger partial charge < -0.3 is 4.90 Å². The van der Waals surface area contributed by atoms with Crippen molar-refractivity contribution in [3.05, 3.63) is 45.9 Å². The van der Waals surface area contributed by atoms with Gasteiger partial charge in [0.25, 0.3) is 0 Å². The third kappa shape index (κ3) is 7.93. The molecule has 2 heteroatoms. The molecular weight excluding hydrogens is 286 g/mol. The lowest BCUT2D eigenvalue weighted by Crippen LogP contribution is -2.17. The summed E-state index contributed by atoms with van der Waals surface area (Å²) in [6.45, 7) is 24.8. The highest BCUT2D eigenvalue weighted by Gasteiger charge is 2.19. The fraction of sp³-hybridized carbons (Fsp3) is 0.600. The van der Waals surface area contributed by atoms with Gasteiger partial charge in [-0.05, 0) is 49.3 Å². The lowest BCUT2D eigenvalue weighted by Gasteiger charge is -2.25. The van der Waals surface area contributed by atoms with Crippen LogP contribution < -0.4 is 0 Å². The second kappa shape index (κ2) is 9.29. The smallest absolute Gasteiger partial charge is 0.0143 e. The lowest BCUT2D eigenvalue weighted by atomic mass is 9.94. The Kier molecular flexibility index (Phi) is 8.92. The van der Waals surface area contributed by atoms with Gasteiger partial charge in [0.1, 0.15) is 0 Å². The number of allylic oxidation sites excluding steroid dienone is 5. The van der Waals surface area contributed by atoms with E-state index in [9.17, 15) is 0 Å². The third-order valence-electron chi connectivity index (χ3n) is 3.39. The van der Waals surface area contributed by atoms with Crippen molar-refractivity contribution in [1.29, 1.82) is 0 Å². The highest BCUT2D eigenvalue weighted by molar-refractivity contribution is 8.06. The summed E-state index contributed by atoms with van der Waals surface area (Å²) >= 11 is 1.84. The van der Waals surface area contributed by atoms with E-state index >= 15 is 0 Å². The number of thioether (sulfide) groups is 1. The second-order valence-corrected chi connectivity index (χ2v) is 8.46. The molecule has 0 aromatic rings. The van der Waals surface area contributed by atoms with Crippen LogP contribution in [0.4, 0.5) is 0 Å². The normalized spacial score (nSPS) is 12.1. The molecule has 0 saturated heterocycles. The van der Waals surface area contributed by atoms with Crippen molar-refractivity contribution >= 4 is 11.8 Å². The van der Waals surface area contributed by atoms with Crippen LogP contribution in [0.2, 0.25) is 0 Å². The standard InChI is InChI=1S/C20H35NS/c1-11-21(10)18(14-15(2)3)13-12-17(6)22-19(16(4)5)20(7,8)9/h13H,2,6,11-12,14H2,1,3-5,7-10H3/b18-13-. The van der Waals surface area contributed by atoms with E-state index in [2.05, 4.69) is 79.6 Å². The summed E-state index contributed by atoms with van der Waals surface area (Å²) in [7, 11) is 2.14. The third-order valence-corrected chi connectivity index (χ3v) is 5.07. The Bertz CT molecular complexity index is 457. The molecule has 126 valence electrons. The van der Waals surface area contributed by atoms with E-state index in [1.165, 1.54) is 26.7 Å². The zero-order valence-corrected chi connectivity index (χ0v) is 16.8. The Balaban J connectivity index is 4.99. The van der Waals surface area contributed by atoms with E-state index in [0.717, 1.165) is 19.4 Å². The predicted octanol–water partition coefficient (Wildman–Crippen LogP) is 6.77. The van der Waals surface area contributed by atoms with Gasteiger partial charge in [-0.2, -0.15) is 0 Å². The summed E-state index contributed by atoms with van der Waals surface area (Å²) in [5.74, 6) is 0. The van der Waals surface area contributed by atoms with Gasteiger partial charge >= 0.3 is 0 Å². The van der Waals surface area contributed by atoms with Crippen LogP contribution in [0.15, 0.2) is 45.9 Å². The molecule has 0 fully saturated rings. The first-order valence-corrected chi connectivity index (χ1v) is 8.88. The number of hydrogen-bond acceptors (Lipinski definition) is 2. The summed E-state index contributed by atoms with van der Waals surface area (Å²) in [6.07, 6.45) is 4.15. The Morgan fingerprint density at radius 2 is 1.68 bits per heavy atom. The van der Waals surface area contributed by atoms with Crippen molar-refractivity contribution in [3.8, 4) is 0 Å². The van der Waals surface area contributed by atoms with Crippen molar-refractivity contribution in [2.24, 2.45) is 5.41 Å². The molecule has 0 saturated carbocycles. The summed E-state index contributed by atoms with van der Waals surface area (Å²) in [5, 5.41) is 0. The predicted molar refractivity (Wildman–Crippen MR) is 105 cm³/mol. The molecule has 0 amide bonds. The van der Waals surface area contributed by atoms with E-state index in [0.29, 0.717) is 0 Å². The number of nitrogens with zero attached hydrogens (tertiary/aromatic N) is 1. The average Bonchev–Trinajstić information content (AvgIpc) is 2.37. The van der Waals surface area contributed by atoms with Crippen molar-refractivity contribution < 1.29 is 0 Å². The minimum atomic E-state index is 0.177. The Labute approximate surface area is 143 Å². The van der Waals surface area contributed by atoms with Crippen LogP contribution in [0, 0.1) is 5.41 Å². The van der Waals surface area contributed by atoms with Crippen LogP contribution in [0.5, 0.6) is 0 Å². The minimum absolute atomic E-state index is 0.177. The van der Waals surface area contributed by atoms with Gasteiger partial charge in [-0.15, -0.1) is 0 Å². The maximum absolute atomic E-state index is 4.27. The van der Waals surface area contributed by atoms with Crippen LogP contribution in [-0.2, 0) is 0 Å². The monoisotopic (exact) mass is 321 g/mol. The molecule has 0 bridgehead atoms. The average molecular weight is 322 g/mol. The van der Waals surface area contributed by atoms with E-state index in [-0.39, 0.29) is 5.41 Å². The van der Waals surface area contributed by atoms with Gasteiger partial charge in [-0.25, -0.2) is 0 Å². The molecule has 1 nitrogen and oxygen atoms in total. The Morgan fingerprint density at radius 1 is 1.14 bits per heavy atom. The highest BCUT2D eigenvalue weighted by Crippen LogP contribution is 2.41. The van der Waals surface area contributed by atoms with Gasteiger partial charge in [0.05, 0.1) is 0 Å². The molecule has 0 unspecified atom stereocenters. The fourth-order valence-electron chi connectivity index (χ4n) is 2.30. The molecule has 22 heavy (non-hydrogen) atoms. The Morgan fingerprint density at radius 3 is 2.05 bits per heavy atom. The largest absolute Gasteiger partial charge is 0.378 e. The van der Waals surface area contributed by atoms with Crippen LogP contribution in [0.1, 0.15) is 61.3 Å². The molecule has 0 spiro atoms. The van der Waals surface area contributed by atoms with Crippen molar-refractivity contribution in [3.63, 3.8) is 0 Å². The molecule has 0 aliphatic rings. The van der Waals surface area contributed by atoms with Crippen molar-refractivity contribution in [2.45, 2.75) is 61.3 Å². The van der Waals surface area contributed by atoms with E-state index in [4.69, 9.17) is 0 Å². The molecule has 0 aliphatic carbocycles. The first-order chi connectivity index (χ1) is 9.98. The van der Waals surface area contributed by atoms with Crippen molar-refractivity contribution in [1.82, 2.24) is 4.90 Å². The molecule has 0 heterocycles. The number of hydrogen-bond donors (Lipinski definition) is 0. The summed E-state index contributed by atoms with van der Waals surface area (Å²) in [5.41, 5.74) is 4.10. The van der Waals surface area contributed by atoms with Crippen LogP contribution in [0.25, 0.3) is 0 Å². The quantitative estimate of drug-likeness (QED) is 0.454. The second-order valence-electron chi connectivity index (χ2n) is 7.27. The maximum Gasteiger partial charge on any atom is 0.0143 e. The van der Waals surface area contributed by atoms with E-state index in [1.54, 1.807) is 0 Å². The zero-order valence-electron chi connectivity index (χ0n) is 16.0. The molecule has 0 rings (SSSR count). The topological polar surface area (TPSA) is 3.24 Å². The lowest BCUT2D eigenvalue weighted by molar-refractivity contribution is 0.429. The fourth-order valence-corrected chi connectivity index (χ4v) is 3.26. The van der Waals surface area contributed by atoms with Gasteiger partial charge in [0, 0.05) is 25.7 Å². The van der Waals surface area contributed by atoms with E-state index in [1.807, 2.05) is 11.8 Å². The molecule has 0 radical (unpaired) electrons. The molecule has 0 N–H and O–H groups in total. The van der Waals surface area contributed by atoms with Crippen LogP contribution >= 0.6 is 11.8 Å². The molecule has 0 aromatic carbocycles. The first kappa shape index (κ1) is 21.1. The zero-order chi connectivity index (χ0) is 17.5. The minimum Gasteiger partial charge on any atom is -0.378 e. The summed E-state index contributed by atoms with van der Waals surface area (Å²) in [6, 6.07) is 0. The molecule has 0 aromatic heterocycles. The first-order valence-electron chi connectivity index (χ1n) is 8.07. The van der Waals surface area contributed by atoms with Gasteiger partial charge in [0.15, 0.2) is 0 Å². The number of rotatable bonds is 8.